The SMILES string of the molecule is CCOc1ccc(SCC(=O)c2cc(C)n(CCCOC)c2C)cc1. The van der Waals surface area contributed by atoms with Crippen molar-refractivity contribution < 1.29 is 14.3 Å². The fraction of sp³-hybridized carbons (Fsp3) is 0.450. The van der Waals surface area contributed by atoms with Gasteiger partial charge in [-0.2, -0.15) is 0 Å². The third-order valence-electron chi connectivity index (χ3n) is 4.11. The molecule has 0 aliphatic heterocycles. The van der Waals surface area contributed by atoms with E-state index in [4.69, 9.17) is 9.47 Å². The Morgan fingerprint density at radius 1 is 1.20 bits per heavy atom. The van der Waals surface area contributed by atoms with Gasteiger partial charge in [0.2, 0.25) is 0 Å². The summed E-state index contributed by atoms with van der Waals surface area (Å²) < 4.78 is 12.8. The Bertz CT molecular complexity index is 692. The van der Waals surface area contributed by atoms with E-state index in [0.29, 0.717) is 12.4 Å². The predicted molar refractivity (Wildman–Crippen MR) is 103 cm³/mol. The number of ketones is 1. The Morgan fingerprint density at radius 3 is 2.56 bits per heavy atom. The number of methoxy groups -OCH3 is 1. The molecule has 0 radical (unpaired) electrons. The second kappa shape index (κ2) is 9.68. The minimum absolute atomic E-state index is 0.171. The van der Waals surface area contributed by atoms with Crippen LogP contribution in [0.2, 0.25) is 0 Å². The van der Waals surface area contributed by atoms with Gasteiger partial charge in [0, 0.05) is 42.1 Å². The summed E-state index contributed by atoms with van der Waals surface area (Å²) in [6.07, 6.45) is 0.946. The largest absolute Gasteiger partial charge is 0.494 e. The lowest BCUT2D eigenvalue weighted by Crippen LogP contribution is -2.08. The molecule has 0 amide bonds. The Morgan fingerprint density at radius 2 is 1.92 bits per heavy atom. The maximum absolute atomic E-state index is 12.6. The third kappa shape index (κ3) is 5.38. The van der Waals surface area contributed by atoms with Crippen molar-refractivity contribution in [2.45, 2.75) is 38.6 Å². The summed E-state index contributed by atoms with van der Waals surface area (Å²) in [7, 11) is 1.71. The molecule has 0 atom stereocenters. The number of Topliss-reactive ketones (excluding diaryl/α,β-unsaturated/α-hetero) is 1. The molecule has 1 aromatic carbocycles. The summed E-state index contributed by atoms with van der Waals surface area (Å²) in [5.41, 5.74) is 3.00. The first-order valence-electron chi connectivity index (χ1n) is 8.61. The number of rotatable bonds is 10. The fourth-order valence-corrected chi connectivity index (χ4v) is 3.60. The molecule has 0 saturated carbocycles. The van der Waals surface area contributed by atoms with Crippen molar-refractivity contribution in [1.82, 2.24) is 4.57 Å². The van der Waals surface area contributed by atoms with Gasteiger partial charge >= 0.3 is 0 Å². The number of benzene rings is 1. The molecule has 25 heavy (non-hydrogen) atoms. The first kappa shape index (κ1) is 19.6. The van der Waals surface area contributed by atoms with Crippen molar-refractivity contribution in [2.24, 2.45) is 0 Å². The fourth-order valence-electron chi connectivity index (χ4n) is 2.82. The molecule has 2 aromatic rings. The Labute approximate surface area is 154 Å². The topological polar surface area (TPSA) is 40.5 Å². The van der Waals surface area contributed by atoms with Gasteiger partial charge in [-0.05, 0) is 57.5 Å². The van der Waals surface area contributed by atoms with Crippen molar-refractivity contribution in [1.29, 1.82) is 0 Å². The molecule has 0 N–H and O–H groups in total. The standard InChI is InChI=1S/C20H27NO3S/c1-5-24-17-7-9-18(10-8-17)25-14-20(22)19-13-15(2)21(16(19)3)11-6-12-23-4/h7-10,13H,5-6,11-12,14H2,1-4H3. The van der Waals surface area contributed by atoms with Crippen LogP contribution in [0.5, 0.6) is 5.75 Å². The van der Waals surface area contributed by atoms with Crippen LogP contribution in [0, 0.1) is 13.8 Å². The Balaban J connectivity index is 1.97. The van der Waals surface area contributed by atoms with E-state index in [9.17, 15) is 4.79 Å². The highest BCUT2D eigenvalue weighted by atomic mass is 32.2. The average molecular weight is 362 g/mol. The van der Waals surface area contributed by atoms with Crippen LogP contribution in [-0.4, -0.2) is 36.4 Å². The summed E-state index contributed by atoms with van der Waals surface area (Å²) >= 11 is 1.56. The van der Waals surface area contributed by atoms with Crippen LogP contribution in [0.1, 0.15) is 35.1 Å². The van der Waals surface area contributed by atoms with E-state index in [1.807, 2.05) is 44.2 Å². The van der Waals surface area contributed by atoms with Gasteiger partial charge < -0.3 is 14.0 Å². The summed E-state index contributed by atoms with van der Waals surface area (Å²) in [5, 5.41) is 0. The first-order valence-corrected chi connectivity index (χ1v) is 9.60. The zero-order chi connectivity index (χ0) is 18.2. The maximum atomic E-state index is 12.6. The monoisotopic (exact) mass is 361 g/mol. The molecule has 0 bridgehead atoms. The lowest BCUT2D eigenvalue weighted by atomic mass is 10.2. The molecule has 0 aliphatic rings. The normalized spacial score (nSPS) is 10.9. The first-order chi connectivity index (χ1) is 12.1. The van der Waals surface area contributed by atoms with E-state index in [-0.39, 0.29) is 5.78 Å². The van der Waals surface area contributed by atoms with Gasteiger partial charge in [0.1, 0.15) is 5.75 Å². The number of hydrogen-bond donors (Lipinski definition) is 0. The number of hydrogen-bond acceptors (Lipinski definition) is 4. The van der Waals surface area contributed by atoms with Crippen LogP contribution in [-0.2, 0) is 11.3 Å². The molecule has 0 unspecified atom stereocenters. The van der Waals surface area contributed by atoms with Crippen LogP contribution in [0.4, 0.5) is 0 Å². The Kier molecular flexibility index (Phi) is 7.59. The molecule has 1 aromatic heterocycles. The zero-order valence-electron chi connectivity index (χ0n) is 15.5. The smallest absolute Gasteiger partial charge is 0.174 e. The molecule has 0 fully saturated rings. The molecule has 2 rings (SSSR count). The lowest BCUT2D eigenvalue weighted by Gasteiger charge is -2.09. The van der Waals surface area contributed by atoms with Crippen molar-refractivity contribution in [2.75, 3.05) is 26.1 Å². The van der Waals surface area contributed by atoms with Gasteiger partial charge in [-0.15, -0.1) is 11.8 Å². The van der Waals surface area contributed by atoms with Crippen LogP contribution in [0.15, 0.2) is 35.2 Å². The number of aromatic nitrogens is 1. The summed E-state index contributed by atoms with van der Waals surface area (Å²) in [4.78, 5) is 13.7. The van der Waals surface area contributed by atoms with E-state index >= 15 is 0 Å². The predicted octanol–water partition coefficient (Wildman–Crippen LogP) is 4.52. The van der Waals surface area contributed by atoms with Crippen molar-refractivity contribution >= 4 is 17.5 Å². The molecular weight excluding hydrogens is 334 g/mol. The molecule has 0 saturated heterocycles. The molecule has 0 spiro atoms. The number of carbonyl (C=O) groups is 1. The third-order valence-corrected chi connectivity index (χ3v) is 5.12. The van der Waals surface area contributed by atoms with E-state index in [1.54, 1.807) is 18.9 Å². The number of carbonyl (C=O) groups excluding carboxylic acids is 1. The minimum atomic E-state index is 0.171. The highest BCUT2D eigenvalue weighted by Gasteiger charge is 2.15. The number of aryl methyl sites for hydroxylation is 1. The van der Waals surface area contributed by atoms with Gasteiger partial charge in [0.05, 0.1) is 12.4 Å². The van der Waals surface area contributed by atoms with Crippen LogP contribution in [0.25, 0.3) is 0 Å². The molecular formula is C20H27NO3S. The highest BCUT2D eigenvalue weighted by Crippen LogP contribution is 2.24. The van der Waals surface area contributed by atoms with Gasteiger partial charge in [-0.1, -0.05) is 0 Å². The summed E-state index contributed by atoms with van der Waals surface area (Å²) in [6.45, 7) is 8.31. The molecule has 4 nitrogen and oxygen atoms in total. The van der Waals surface area contributed by atoms with Gasteiger partial charge in [-0.3, -0.25) is 4.79 Å². The van der Waals surface area contributed by atoms with Gasteiger partial charge in [0.15, 0.2) is 5.78 Å². The second-order valence-electron chi connectivity index (χ2n) is 5.90. The van der Waals surface area contributed by atoms with Gasteiger partial charge in [-0.25, -0.2) is 0 Å². The Hall–Kier alpha value is -1.72. The number of thioether (sulfide) groups is 1. The maximum Gasteiger partial charge on any atom is 0.174 e. The van der Waals surface area contributed by atoms with E-state index in [0.717, 1.165) is 47.2 Å². The van der Waals surface area contributed by atoms with Crippen molar-refractivity contribution in [3.8, 4) is 5.75 Å². The molecule has 136 valence electrons. The van der Waals surface area contributed by atoms with E-state index in [1.165, 1.54) is 0 Å². The molecule has 1 heterocycles. The zero-order valence-corrected chi connectivity index (χ0v) is 16.3. The molecule has 5 heteroatoms. The van der Waals surface area contributed by atoms with Crippen LogP contribution < -0.4 is 4.74 Å². The second-order valence-corrected chi connectivity index (χ2v) is 6.95. The van der Waals surface area contributed by atoms with Crippen molar-refractivity contribution in [3.05, 3.63) is 47.3 Å². The van der Waals surface area contributed by atoms with Crippen LogP contribution in [0.3, 0.4) is 0 Å². The summed E-state index contributed by atoms with van der Waals surface area (Å²) in [6, 6.07) is 9.88. The summed E-state index contributed by atoms with van der Waals surface area (Å²) in [5.74, 6) is 1.47. The van der Waals surface area contributed by atoms with E-state index < -0.39 is 0 Å². The number of nitrogens with zero attached hydrogens (tertiary/aromatic N) is 1. The van der Waals surface area contributed by atoms with E-state index in [2.05, 4.69) is 11.5 Å². The lowest BCUT2D eigenvalue weighted by molar-refractivity contribution is 0.102. The van der Waals surface area contributed by atoms with Gasteiger partial charge in [0.25, 0.3) is 0 Å². The quantitative estimate of drug-likeness (QED) is 0.354. The number of ether oxygens (including phenoxy) is 2. The molecule has 0 aliphatic carbocycles. The minimum Gasteiger partial charge on any atom is -0.494 e. The van der Waals surface area contributed by atoms with Crippen molar-refractivity contribution in [3.63, 3.8) is 0 Å². The highest BCUT2D eigenvalue weighted by molar-refractivity contribution is 8.00. The van der Waals surface area contributed by atoms with Crippen LogP contribution >= 0.6 is 11.8 Å². The average Bonchev–Trinajstić information content (AvgIpc) is 2.89.